The Hall–Kier alpha value is -2.33. The molecule has 4 nitrogen and oxygen atoms in total. The first-order valence-electron chi connectivity index (χ1n) is 10.8. The molecule has 0 atom stereocenters. The van der Waals surface area contributed by atoms with E-state index in [0.29, 0.717) is 19.6 Å². The van der Waals surface area contributed by atoms with Crippen molar-refractivity contribution in [2.45, 2.75) is 51.4 Å². The molecule has 156 valence electrons. The van der Waals surface area contributed by atoms with Gasteiger partial charge in [-0.3, -0.25) is 4.79 Å². The fourth-order valence-corrected chi connectivity index (χ4v) is 3.96. The maximum absolute atomic E-state index is 12.5. The Morgan fingerprint density at radius 3 is 2.28 bits per heavy atom. The van der Waals surface area contributed by atoms with Crippen molar-refractivity contribution in [2.24, 2.45) is 0 Å². The van der Waals surface area contributed by atoms with Gasteiger partial charge < -0.3 is 14.8 Å². The fraction of sp³-hybridized carbons (Fsp3) is 0.480. The Bertz CT molecular complexity index is 762. The molecule has 2 aromatic rings. The van der Waals surface area contributed by atoms with Crippen molar-refractivity contribution >= 4 is 5.91 Å². The zero-order chi connectivity index (χ0) is 20.5. The van der Waals surface area contributed by atoms with Gasteiger partial charge in [0.1, 0.15) is 5.75 Å². The van der Waals surface area contributed by atoms with Crippen LogP contribution in [0.15, 0.2) is 48.5 Å². The molecule has 0 aliphatic carbocycles. The van der Waals surface area contributed by atoms with Crippen LogP contribution < -0.4 is 10.1 Å². The molecule has 3 rings (SSSR count). The van der Waals surface area contributed by atoms with E-state index < -0.39 is 0 Å². The van der Waals surface area contributed by atoms with Crippen molar-refractivity contribution in [3.05, 3.63) is 65.2 Å². The number of carbonyl (C=O) groups is 1. The lowest BCUT2D eigenvalue weighted by molar-refractivity contribution is -0.121. The highest BCUT2D eigenvalue weighted by atomic mass is 16.5. The van der Waals surface area contributed by atoms with E-state index in [-0.39, 0.29) is 11.3 Å². The third-order valence-electron chi connectivity index (χ3n) is 5.92. The zero-order valence-electron chi connectivity index (χ0n) is 17.7. The number of hydrogen-bond acceptors (Lipinski definition) is 3. The number of amides is 1. The van der Waals surface area contributed by atoms with E-state index in [1.165, 1.54) is 16.7 Å². The average Bonchev–Trinajstić information content (AvgIpc) is 2.78. The van der Waals surface area contributed by atoms with Crippen LogP contribution in [0.4, 0.5) is 0 Å². The molecule has 0 bridgehead atoms. The smallest absolute Gasteiger partial charge is 0.220 e. The molecule has 1 aliphatic heterocycles. The minimum absolute atomic E-state index is 0.0680. The summed E-state index contributed by atoms with van der Waals surface area (Å²) < 4.78 is 11.2. The van der Waals surface area contributed by atoms with Crippen molar-refractivity contribution in [3.8, 4) is 5.75 Å². The van der Waals surface area contributed by atoms with Gasteiger partial charge in [0, 0.05) is 31.6 Å². The number of carbonyl (C=O) groups excluding carboxylic acids is 1. The highest BCUT2D eigenvalue weighted by Crippen LogP contribution is 2.35. The topological polar surface area (TPSA) is 47.6 Å². The molecule has 0 saturated carbocycles. The molecule has 0 radical (unpaired) electrons. The van der Waals surface area contributed by atoms with Gasteiger partial charge >= 0.3 is 0 Å². The molecular weight excluding hydrogens is 362 g/mol. The summed E-state index contributed by atoms with van der Waals surface area (Å²) in [5, 5.41) is 3.20. The molecule has 29 heavy (non-hydrogen) atoms. The SMILES string of the molecule is CCOc1ccc(C2(CNC(=O)CCc3ccc(CC)cc3)CCOCC2)cc1. The van der Waals surface area contributed by atoms with Crippen molar-refractivity contribution in [1.82, 2.24) is 5.32 Å². The van der Waals surface area contributed by atoms with E-state index in [1.54, 1.807) is 0 Å². The third-order valence-corrected chi connectivity index (χ3v) is 5.92. The zero-order valence-corrected chi connectivity index (χ0v) is 17.7. The largest absolute Gasteiger partial charge is 0.494 e. The van der Waals surface area contributed by atoms with Gasteiger partial charge in [-0.1, -0.05) is 43.3 Å². The maximum atomic E-state index is 12.5. The summed E-state index contributed by atoms with van der Waals surface area (Å²) in [6.07, 6.45) is 4.16. The van der Waals surface area contributed by atoms with Gasteiger partial charge in [-0.15, -0.1) is 0 Å². The first-order valence-corrected chi connectivity index (χ1v) is 10.8. The Kier molecular flexibility index (Phi) is 7.70. The molecule has 4 heteroatoms. The molecule has 1 aliphatic rings. The van der Waals surface area contributed by atoms with E-state index in [1.807, 2.05) is 19.1 Å². The number of benzene rings is 2. The Labute approximate surface area is 174 Å². The Morgan fingerprint density at radius 2 is 1.66 bits per heavy atom. The maximum Gasteiger partial charge on any atom is 0.220 e. The molecule has 2 aromatic carbocycles. The minimum Gasteiger partial charge on any atom is -0.494 e. The first kappa shape index (κ1) is 21.4. The standard InChI is InChI=1S/C25H33NO3/c1-3-20-5-7-21(8-6-20)9-14-24(27)26-19-25(15-17-28-18-16-25)22-10-12-23(13-11-22)29-4-2/h5-8,10-13H,3-4,9,14-19H2,1-2H3,(H,26,27). The molecule has 0 unspecified atom stereocenters. The van der Waals surface area contributed by atoms with Crippen molar-refractivity contribution < 1.29 is 14.3 Å². The molecule has 0 aromatic heterocycles. The number of hydrogen-bond donors (Lipinski definition) is 1. The van der Waals surface area contributed by atoms with Crippen LogP contribution >= 0.6 is 0 Å². The van der Waals surface area contributed by atoms with E-state index in [9.17, 15) is 4.79 Å². The van der Waals surface area contributed by atoms with E-state index in [4.69, 9.17) is 9.47 Å². The van der Waals surface area contributed by atoms with Crippen molar-refractivity contribution in [1.29, 1.82) is 0 Å². The second-order valence-electron chi connectivity index (χ2n) is 7.80. The van der Waals surface area contributed by atoms with Crippen LogP contribution in [0.3, 0.4) is 0 Å². The number of aryl methyl sites for hydroxylation is 2. The molecule has 1 heterocycles. The van der Waals surface area contributed by atoms with Gasteiger partial charge in [0.15, 0.2) is 0 Å². The second-order valence-corrected chi connectivity index (χ2v) is 7.80. The molecule has 1 amide bonds. The average molecular weight is 396 g/mol. The van der Waals surface area contributed by atoms with Crippen LogP contribution in [-0.4, -0.2) is 32.3 Å². The van der Waals surface area contributed by atoms with Crippen molar-refractivity contribution in [2.75, 3.05) is 26.4 Å². The van der Waals surface area contributed by atoms with Crippen LogP contribution in [-0.2, 0) is 27.8 Å². The van der Waals surface area contributed by atoms with Gasteiger partial charge in [-0.25, -0.2) is 0 Å². The van der Waals surface area contributed by atoms with E-state index in [0.717, 1.165) is 44.6 Å². The fourth-order valence-electron chi connectivity index (χ4n) is 3.96. The lowest BCUT2D eigenvalue weighted by Crippen LogP contribution is -2.44. The summed E-state index contributed by atoms with van der Waals surface area (Å²) in [6.45, 7) is 6.91. The van der Waals surface area contributed by atoms with Crippen LogP contribution in [0.5, 0.6) is 5.75 Å². The Morgan fingerprint density at radius 1 is 1.00 bits per heavy atom. The van der Waals surface area contributed by atoms with Crippen LogP contribution in [0.1, 0.15) is 49.8 Å². The summed E-state index contributed by atoms with van der Waals surface area (Å²) in [4.78, 5) is 12.5. The van der Waals surface area contributed by atoms with Gasteiger partial charge in [0.2, 0.25) is 5.91 Å². The lowest BCUT2D eigenvalue weighted by Gasteiger charge is -2.38. The molecule has 1 saturated heterocycles. The first-order chi connectivity index (χ1) is 14.1. The lowest BCUT2D eigenvalue weighted by atomic mass is 9.74. The van der Waals surface area contributed by atoms with Gasteiger partial charge in [-0.05, 0) is 61.4 Å². The summed E-state index contributed by atoms with van der Waals surface area (Å²) in [6, 6.07) is 16.9. The quantitative estimate of drug-likeness (QED) is 0.683. The van der Waals surface area contributed by atoms with Crippen LogP contribution in [0, 0.1) is 0 Å². The predicted octanol–water partition coefficient (Wildman–Crippen LogP) is 4.44. The van der Waals surface area contributed by atoms with Crippen molar-refractivity contribution in [3.63, 3.8) is 0 Å². The predicted molar refractivity (Wildman–Crippen MR) is 116 cm³/mol. The number of ether oxygens (including phenoxy) is 2. The monoisotopic (exact) mass is 395 g/mol. The van der Waals surface area contributed by atoms with E-state index in [2.05, 4.69) is 48.6 Å². The molecule has 1 N–H and O–H groups in total. The molecule has 1 fully saturated rings. The van der Waals surface area contributed by atoms with Gasteiger partial charge in [0.05, 0.1) is 6.61 Å². The minimum atomic E-state index is -0.0680. The summed E-state index contributed by atoms with van der Waals surface area (Å²) in [7, 11) is 0. The van der Waals surface area contributed by atoms with E-state index >= 15 is 0 Å². The second kappa shape index (κ2) is 10.4. The molecular formula is C25H33NO3. The van der Waals surface area contributed by atoms with Crippen LogP contribution in [0.25, 0.3) is 0 Å². The number of nitrogens with one attached hydrogen (secondary N) is 1. The van der Waals surface area contributed by atoms with Gasteiger partial charge in [0.25, 0.3) is 0 Å². The highest BCUT2D eigenvalue weighted by molar-refractivity contribution is 5.76. The summed E-state index contributed by atoms with van der Waals surface area (Å²) >= 11 is 0. The summed E-state index contributed by atoms with van der Waals surface area (Å²) in [5.41, 5.74) is 3.72. The van der Waals surface area contributed by atoms with Gasteiger partial charge in [-0.2, -0.15) is 0 Å². The summed E-state index contributed by atoms with van der Waals surface area (Å²) in [5.74, 6) is 0.998. The number of rotatable bonds is 9. The molecule has 0 spiro atoms. The normalized spacial score (nSPS) is 15.7. The highest BCUT2D eigenvalue weighted by Gasteiger charge is 2.34. The third kappa shape index (κ3) is 5.83. The Balaban J connectivity index is 1.58. The van der Waals surface area contributed by atoms with Crippen LogP contribution in [0.2, 0.25) is 0 Å².